The molecule has 2 rings (SSSR count). The molecule has 0 unspecified atom stereocenters. The average Bonchev–Trinajstić information content (AvgIpc) is 2.66. The number of likely N-dealkylation sites (tertiary alicyclic amines) is 1. The smallest absolute Gasteiger partial charge is 0.150 e. The summed E-state index contributed by atoms with van der Waals surface area (Å²) in [6, 6.07) is 5.22. The van der Waals surface area contributed by atoms with Crippen LogP contribution < -0.4 is 5.73 Å². The molecule has 1 aliphatic rings. The van der Waals surface area contributed by atoms with Gasteiger partial charge in [-0.15, -0.1) is 0 Å². The van der Waals surface area contributed by atoms with Gasteiger partial charge in [0.25, 0.3) is 0 Å². The minimum Gasteiger partial charge on any atom is -0.396 e. The van der Waals surface area contributed by atoms with Gasteiger partial charge in [0.2, 0.25) is 0 Å². The molecule has 0 radical (unpaired) electrons. The van der Waals surface area contributed by atoms with E-state index < -0.39 is 0 Å². The van der Waals surface area contributed by atoms with E-state index in [1.54, 1.807) is 6.07 Å². The molecule has 0 aromatic heterocycles. The zero-order valence-electron chi connectivity index (χ0n) is 8.17. The first-order valence-corrected chi connectivity index (χ1v) is 5.02. The van der Waals surface area contributed by atoms with Crippen LogP contribution >= 0.6 is 0 Å². The van der Waals surface area contributed by atoms with Crippen molar-refractivity contribution in [2.24, 2.45) is 0 Å². The fourth-order valence-corrected chi connectivity index (χ4v) is 1.90. The summed E-state index contributed by atoms with van der Waals surface area (Å²) in [6.07, 6.45) is 2.45. The van der Waals surface area contributed by atoms with Crippen LogP contribution in [0.4, 0.5) is 10.1 Å². The first-order valence-electron chi connectivity index (χ1n) is 5.02. The van der Waals surface area contributed by atoms with E-state index in [-0.39, 0.29) is 11.5 Å². The molecule has 0 bridgehead atoms. The number of anilines is 1. The second-order valence-corrected chi connectivity index (χ2v) is 3.80. The maximum Gasteiger partial charge on any atom is 0.150 e. The van der Waals surface area contributed by atoms with Gasteiger partial charge in [-0.1, -0.05) is 12.1 Å². The zero-order valence-corrected chi connectivity index (χ0v) is 8.17. The Kier molecular flexibility index (Phi) is 2.68. The molecular weight excluding hydrogens is 179 g/mol. The molecule has 1 aromatic rings. The van der Waals surface area contributed by atoms with Crippen molar-refractivity contribution in [1.82, 2.24) is 4.90 Å². The average molecular weight is 194 g/mol. The lowest BCUT2D eigenvalue weighted by Gasteiger charge is -2.15. The Bertz CT molecular complexity index is 319. The van der Waals surface area contributed by atoms with Crippen LogP contribution in [0.5, 0.6) is 0 Å². The van der Waals surface area contributed by atoms with Crippen molar-refractivity contribution in [2.75, 3.05) is 18.8 Å². The third-order valence-corrected chi connectivity index (χ3v) is 2.70. The summed E-state index contributed by atoms with van der Waals surface area (Å²) in [5.74, 6) is -0.251. The largest absolute Gasteiger partial charge is 0.396 e. The van der Waals surface area contributed by atoms with Gasteiger partial charge in [-0.3, -0.25) is 4.90 Å². The highest BCUT2D eigenvalue weighted by molar-refractivity contribution is 5.42. The molecule has 0 aliphatic carbocycles. The van der Waals surface area contributed by atoms with Crippen LogP contribution in [0.3, 0.4) is 0 Å². The molecule has 1 heterocycles. The molecule has 1 fully saturated rings. The third kappa shape index (κ3) is 1.87. The van der Waals surface area contributed by atoms with E-state index in [9.17, 15) is 4.39 Å². The van der Waals surface area contributed by atoms with Crippen molar-refractivity contribution in [1.29, 1.82) is 0 Å². The number of halogens is 1. The van der Waals surface area contributed by atoms with Crippen LogP contribution in [-0.2, 0) is 6.54 Å². The highest BCUT2D eigenvalue weighted by atomic mass is 19.1. The van der Waals surface area contributed by atoms with Gasteiger partial charge in [0.05, 0.1) is 5.69 Å². The molecule has 0 atom stereocenters. The van der Waals surface area contributed by atoms with Crippen molar-refractivity contribution in [3.63, 3.8) is 0 Å². The van der Waals surface area contributed by atoms with Crippen LogP contribution in [0, 0.1) is 5.82 Å². The van der Waals surface area contributed by atoms with E-state index in [4.69, 9.17) is 5.73 Å². The number of hydrogen-bond acceptors (Lipinski definition) is 2. The predicted molar refractivity (Wildman–Crippen MR) is 55.3 cm³/mol. The summed E-state index contributed by atoms with van der Waals surface area (Å²) in [4.78, 5) is 2.26. The minimum atomic E-state index is -0.251. The number of hydrogen-bond donors (Lipinski definition) is 1. The number of nitrogens with two attached hydrogens (primary N) is 1. The first-order chi connectivity index (χ1) is 6.77. The molecule has 2 nitrogen and oxygen atoms in total. The molecule has 0 spiro atoms. The van der Waals surface area contributed by atoms with Gasteiger partial charge in [0.1, 0.15) is 0 Å². The minimum absolute atomic E-state index is 0.251. The molecular formula is C11H15FN2. The molecule has 0 amide bonds. The van der Waals surface area contributed by atoms with Gasteiger partial charge < -0.3 is 5.73 Å². The molecule has 0 saturated carbocycles. The normalized spacial score (nSPS) is 17.5. The summed E-state index contributed by atoms with van der Waals surface area (Å²) in [5, 5.41) is 0. The summed E-state index contributed by atoms with van der Waals surface area (Å²) in [6.45, 7) is 2.85. The van der Waals surface area contributed by atoms with Crippen molar-refractivity contribution in [3.05, 3.63) is 29.6 Å². The van der Waals surface area contributed by atoms with Crippen molar-refractivity contribution in [3.8, 4) is 0 Å². The van der Waals surface area contributed by atoms with Crippen LogP contribution in [0.25, 0.3) is 0 Å². The monoisotopic (exact) mass is 194 g/mol. The number of rotatable bonds is 2. The molecule has 14 heavy (non-hydrogen) atoms. The summed E-state index contributed by atoms with van der Waals surface area (Å²) < 4.78 is 13.5. The number of benzene rings is 1. The van der Waals surface area contributed by atoms with E-state index in [2.05, 4.69) is 4.90 Å². The lowest BCUT2D eigenvalue weighted by atomic mass is 10.2. The molecule has 76 valence electrons. The zero-order chi connectivity index (χ0) is 9.97. The van der Waals surface area contributed by atoms with E-state index in [1.807, 2.05) is 12.1 Å². The lowest BCUT2D eigenvalue weighted by molar-refractivity contribution is 0.325. The quantitative estimate of drug-likeness (QED) is 0.730. The highest BCUT2D eigenvalue weighted by Crippen LogP contribution is 2.18. The van der Waals surface area contributed by atoms with Crippen LogP contribution in [0.1, 0.15) is 18.4 Å². The molecule has 1 saturated heterocycles. The Morgan fingerprint density at radius 1 is 1.29 bits per heavy atom. The van der Waals surface area contributed by atoms with Crippen molar-refractivity contribution >= 4 is 5.69 Å². The van der Waals surface area contributed by atoms with Crippen LogP contribution in [-0.4, -0.2) is 18.0 Å². The van der Waals surface area contributed by atoms with E-state index in [0.717, 1.165) is 13.1 Å². The Morgan fingerprint density at radius 3 is 2.71 bits per heavy atom. The maximum absolute atomic E-state index is 13.5. The highest BCUT2D eigenvalue weighted by Gasteiger charge is 2.14. The summed E-state index contributed by atoms with van der Waals surface area (Å²) in [7, 11) is 0. The molecule has 3 heteroatoms. The Balaban J connectivity index is 2.11. The van der Waals surface area contributed by atoms with Gasteiger partial charge in [0.15, 0.2) is 5.82 Å². The third-order valence-electron chi connectivity index (χ3n) is 2.70. The molecule has 2 N–H and O–H groups in total. The van der Waals surface area contributed by atoms with Gasteiger partial charge in [0, 0.05) is 12.1 Å². The summed E-state index contributed by atoms with van der Waals surface area (Å²) in [5.41, 5.74) is 6.47. The van der Waals surface area contributed by atoms with Crippen molar-refractivity contribution < 1.29 is 4.39 Å². The number of nitrogen functional groups attached to an aromatic ring is 1. The Labute approximate surface area is 83.5 Å². The second-order valence-electron chi connectivity index (χ2n) is 3.80. The van der Waals surface area contributed by atoms with E-state index in [0.29, 0.717) is 12.1 Å². The lowest BCUT2D eigenvalue weighted by Crippen LogP contribution is -2.19. The van der Waals surface area contributed by atoms with Crippen LogP contribution in [0.15, 0.2) is 18.2 Å². The molecule has 1 aliphatic heterocycles. The topological polar surface area (TPSA) is 29.3 Å². The second kappa shape index (κ2) is 3.96. The van der Waals surface area contributed by atoms with E-state index in [1.165, 1.54) is 12.8 Å². The SMILES string of the molecule is Nc1cccc(CN2CCCC2)c1F. The number of nitrogens with zero attached hydrogens (tertiary/aromatic N) is 1. The maximum atomic E-state index is 13.5. The standard InChI is InChI=1S/C11H15FN2/c12-11-9(4-3-5-10(11)13)8-14-6-1-2-7-14/h3-5H,1-2,6-8,13H2. The van der Waals surface area contributed by atoms with E-state index >= 15 is 0 Å². The van der Waals surface area contributed by atoms with Crippen molar-refractivity contribution in [2.45, 2.75) is 19.4 Å². The Morgan fingerprint density at radius 2 is 2.00 bits per heavy atom. The predicted octanol–water partition coefficient (Wildman–Crippen LogP) is 2.00. The molecule has 1 aromatic carbocycles. The van der Waals surface area contributed by atoms with Crippen LogP contribution in [0.2, 0.25) is 0 Å². The first kappa shape index (κ1) is 9.46. The van der Waals surface area contributed by atoms with Gasteiger partial charge in [-0.25, -0.2) is 4.39 Å². The van der Waals surface area contributed by atoms with Gasteiger partial charge >= 0.3 is 0 Å². The van der Waals surface area contributed by atoms with Gasteiger partial charge in [-0.2, -0.15) is 0 Å². The summed E-state index contributed by atoms with van der Waals surface area (Å²) >= 11 is 0. The fraction of sp³-hybridized carbons (Fsp3) is 0.455. The van der Waals surface area contributed by atoms with Gasteiger partial charge in [-0.05, 0) is 32.0 Å². The Hall–Kier alpha value is -1.09. The fourth-order valence-electron chi connectivity index (χ4n) is 1.90.